The number of nitrogens with zero attached hydrogens (tertiary/aromatic N) is 3. The summed E-state index contributed by atoms with van der Waals surface area (Å²) in [6.45, 7) is 2.44. The van der Waals surface area contributed by atoms with Gasteiger partial charge in [0.05, 0.1) is 17.1 Å². The van der Waals surface area contributed by atoms with Crippen molar-refractivity contribution in [3.63, 3.8) is 0 Å². The van der Waals surface area contributed by atoms with Gasteiger partial charge in [0.15, 0.2) is 0 Å². The van der Waals surface area contributed by atoms with Gasteiger partial charge in [0.25, 0.3) is 5.56 Å². The number of aromatic nitrogens is 2. The summed E-state index contributed by atoms with van der Waals surface area (Å²) in [6.07, 6.45) is 0. The molecule has 0 aliphatic carbocycles. The Bertz CT molecular complexity index is 646. The van der Waals surface area contributed by atoms with E-state index in [1.807, 2.05) is 44.1 Å². The van der Waals surface area contributed by atoms with Crippen molar-refractivity contribution in [2.45, 2.75) is 13.5 Å². The summed E-state index contributed by atoms with van der Waals surface area (Å²) >= 11 is 0. The highest BCUT2D eigenvalue weighted by molar-refractivity contribution is 5.74. The van der Waals surface area contributed by atoms with E-state index >= 15 is 0 Å². The number of hydrogen-bond donors (Lipinski definition) is 1. The van der Waals surface area contributed by atoms with Crippen LogP contribution < -0.4 is 16.2 Å². The van der Waals surface area contributed by atoms with Crippen molar-refractivity contribution in [1.82, 2.24) is 9.78 Å². The molecule has 2 aromatic rings. The fourth-order valence-electron chi connectivity index (χ4n) is 1.95. The quantitative estimate of drug-likeness (QED) is 0.849. The lowest BCUT2D eigenvalue weighted by Crippen LogP contribution is -2.21. The van der Waals surface area contributed by atoms with Gasteiger partial charge in [-0.2, -0.15) is 5.10 Å². The molecular formula is C14H18N4O. The van der Waals surface area contributed by atoms with Crippen LogP contribution in [0.4, 0.5) is 11.4 Å². The van der Waals surface area contributed by atoms with Crippen molar-refractivity contribution >= 4 is 11.4 Å². The molecular weight excluding hydrogens is 240 g/mol. The largest absolute Gasteiger partial charge is 0.397 e. The zero-order chi connectivity index (χ0) is 14.0. The topological polar surface area (TPSA) is 64.2 Å². The van der Waals surface area contributed by atoms with Gasteiger partial charge >= 0.3 is 0 Å². The third-order valence-corrected chi connectivity index (χ3v) is 2.97. The second-order valence-corrected chi connectivity index (χ2v) is 4.54. The summed E-state index contributed by atoms with van der Waals surface area (Å²) < 4.78 is 1.44. The van der Waals surface area contributed by atoms with Crippen LogP contribution in [0.2, 0.25) is 0 Å². The summed E-state index contributed by atoms with van der Waals surface area (Å²) in [5.41, 5.74) is 9.24. The minimum Gasteiger partial charge on any atom is -0.397 e. The molecule has 19 heavy (non-hydrogen) atoms. The molecule has 0 fully saturated rings. The van der Waals surface area contributed by atoms with E-state index in [1.54, 1.807) is 6.07 Å². The van der Waals surface area contributed by atoms with Gasteiger partial charge in [-0.3, -0.25) is 4.79 Å². The molecule has 2 N–H and O–H groups in total. The Kier molecular flexibility index (Phi) is 3.55. The molecule has 100 valence electrons. The standard InChI is InChI=1S/C14H18N4O/c1-4-18-14(19)8-6-12(16-18)10-5-7-13(17(2)3)11(15)9-10/h5-9H,4,15H2,1-3H3. The molecule has 2 rings (SSSR count). The molecule has 5 nitrogen and oxygen atoms in total. The molecule has 0 saturated heterocycles. The Morgan fingerprint density at radius 2 is 2.00 bits per heavy atom. The van der Waals surface area contributed by atoms with E-state index in [0.717, 1.165) is 16.9 Å². The van der Waals surface area contributed by atoms with Crippen molar-refractivity contribution in [2.75, 3.05) is 24.7 Å². The van der Waals surface area contributed by atoms with E-state index in [4.69, 9.17) is 5.73 Å². The van der Waals surface area contributed by atoms with Gasteiger partial charge in [-0.25, -0.2) is 4.68 Å². The minimum absolute atomic E-state index is 0.0934. The van der Waals surface area contributed by atoms with Crippen LogP contribution in [0.15, 0.2) is 35.1 Å². The van der Waals surface area contributed by atoms with Crippen LogP contribution in [-0.2, 0) is 6.54 Å². The average molecular weight is 258 g/mol. The third-order valence-electron chi connectivity index (χ3n) is 2.97. The molecule has 0 aliphatic rings. The SMILES string of the molecule is CCn1nc(-c2ccc(N(C)C)c(N)c2)ccc1=O. The van der Waals surface area contributed by atoms with Crippen LogP contribution in [0, 0.1) is 0 Å². The van der Waals surface area contributed by atoms with E-state index in [9.17, 15) is 4.79 Å². The molecule has 0 amide bonds. The number of rotatable bonds is 3. The Morgan fingerprint density at radius 3 is 2.58 bits per heavy atom. The van der Waals surface area contributed by atoms with Crippen LogP contribution in [0.5, 0.6) is 0 Å². The van der Waals surface area contributed by atoms with E-state index in [1.165, 1.54) is 10.7 Å². The Morgan fingerprint density at radius 1 is 1.26 bits per heavy atom. The predicted octanol–water partition coefficient (Wildman–Crippen LogP) is 1.58. The highest BCUT2D eigenvalue weighted by Crippen LogP contribution is 2.26. The lowest BCUT2D eigenvalue weighted by molar-refractivity contribution is 0.619. The van der Waals surface area contributed by atoms with Crippen molar-refractivity contribution in [3.8, 4) is 11.3 Å². The number of nitrogen functional groups attached to an aromatic ring is 1. The van der Waals surface area contributed by atoms with E-state index in [2.05, 4.69) is 5.10 Å². The Balaban J connectivity index is 2.48. The molecule has 0 saturated carbocycles. The summed E-state index contributed by atoms with van der Waals surface area (Å²) in [5.74, 6) is 0. The molecule has 0 spiro atoms. The fraction of sp³-hybridized carbons (Fsp3) is 0.286. The molecule has 5 heteroatoms. The Labute approximate surface area is 112 Å². The van der Waals surface area contributed by atoms with Crippen molar-refractivity contribution in [1.29, 1.82) is 0 Å². The second kappa shape index (κ2) is 5.14. The summed E-state index contributed by atoms with van der Waals surface area (Å²) in [7, 11) is 3.89. The van der Waals surface area contributed by atoms with Gasteiger partial charge < -0.3 is 10.6 Å². The van der Waals surface area contributed by atoms with Gasteiger partial charge in [-0.1, -0.05) is 6.07 Å². The molecule has 1 aromatic carbocycles. The van der Waals surface area contributed by atoms with Gasteiger partial charge in [-0.05, 0) is 25.1 Å². The highest BCUT2D eigenvalue weighted by Gasteiger charge is 2.06. The molecule has 1 aromatic heterocycles. The van der Waals surface area contributed by atoms with Crippen LogP contribution in [0.25, 0.3) is 11.3 Å². The third kappa shape index (κ3) is 2.59. The lowest BCUT2D eigenvalue weighted by Gasteiger charge is -2.16. The number of benzene rings is 1. The maximum Gasteiger partial charge on any atom is 0.266 e. The number of anilines is 2. The van der Waals surface area contributed by atoms with Gasteiger partial charge in [-0.15, -0.1) is 0 Å². The first-order chi connectivity index (χ1) is 9.02. The molecule has 0 unspecified atom stereocenters. The number of nitrogens with two attached hydrogens (primary N) is 1. The first-order valence-corrected chi connectivity index (χ1v) is 6.18. The lowest BCUT2D eigenvalue weighted by atomic mass is 10.1. The van der Waals surface area contributed by atoms with Gasteiger partial charge in [0.2, 0.25) is 0 Å². The first-order valence-electron chi connectivity index (χ1n) is 6.18. The normalized spacial score (nSPS) is 10.5. The maximum atomic E-state index is 11.5. The summed E-state index contributed by atoms with van der Waals surface area (Å²) in [4.78, 5) is 13.5. The first kappa shape index (κ1) is 13.1. The minimum atomic E-state index is -0.0934. The van der Waals surface area contributed by atoms with Gasteiger partial charge in [0, 0.05) is 32.3 Å². The molecule has 0 atom stereocenters. The smallest absolute Gasteiger partial charge is 0.266 e. The Hall–Kier alpha value is -2.30. The van der Waals surface area contributed by atoms with Crippen LogP contribution in [-0.4, -0.2) is 23.9 Å². The van der Waals surface area contributed by atoms with Crippen LogP contribution in [0.1, 0.15) is 6.92 Å². The van der Waals surface area contributed by atoms with Crippen molar-refractivity contribution in [3.05, 3.63) is 40.7 Å². The number of aryl methyl sites for hydroxylation is 1. The van der Waals surface area contributed by atoms with Gasteiger partial charge in [0.1, 0.15) is 0 Å². The van der Waals surface area contributed by atoms with Crippen LogP contribution in [0.3, 0.4) is 0 Å². The van der Waals surface area contributed by atoms with E-state index in [0.29, 0.717) is 12.2 Å². The fourth-order valence-corrected chi connectivity index (χ4v) is 1.95. The van der Waals surface area contributed by atoms with Crippen LogP contribution >= 0.6 is 0 Å². The van der Waals surface area contributed by atoms with E-state index in [-0.39, 0.29) is 5.56 Å². The molecule has 1 heterocycles. The molecule has 0 radical (unpaired) electrons. The number of hydrogen-bond acceptors (Lipinski definition) is 4. The van der Waals surface area contributed by atoms with Crippen molar-refractivity contribution < 1.29 is 0 Å². The zero-order valence-corrected chi connectivity index (χ0v) is 11.4. The highest BCUT2D eigenvalue weighted by atomic mass is 16.1. The van der Waals surface area contributed by atoms with E-state index < -0.39 is 0 Å². The molecule has 0 aliphatic heterocycles. The summed E-state index contributed by atoms with van der Waals surface area (Å²) in [6, 6.07) is 9.04. The van der Waals surface area contributed by atoms with Crippen molar-refractivity contribution in [2.24, 2.45) is 0 Å². The summed E-state index contributed by atoms with van der Waals surface area (Å²) in [5, 5.41) is 4.31. The zero-order valence-electron chi connectivity index (χ0n) is 11.4. The molecule has 0 bridgehead atoms. The average Bonchev–Trinajstić information content (AvgIpc) is 2.38. The predicted molar refractivity (Wildman–Crippen MR) is 78.3 cm³/mol. The monoisotopic (exact) mass is 258 g/mol. The maximum absolute atomic E-state index is 11.5. The second-order valence-electron chi connectivity index (χ2n) is 4.54.